The predicted molar refractivity (Wildman–Crippen MR) is 87.5 cm³/mol. The number of rotatable bonds is 3. The second-order valence-electron chi connectivity index (χ2n) is 5.49. The Kier molecular flexibility index (Phi) is 4.81. The van der Waals surface area contributed by atoms with Gasteiger partial charge in [0.15, 0.2) is 0 Å². The monoisotopic (exact) mass is 379 g/mol. The summed E-state index contributed by atoms with van der Waals surface area (Å²) in [4.78, 5) is 12.0. The van der Waals surface area contributed by atoms with E-state index in [0.29, 0.717) is 11.3 Å². The lowest BCUT2D eigenvalue weighted by Crippen LogP contribution is -2.13. The predicted octanol–water partition coefficient (Wildman–Crippen LogP) is 4.85. The van der Waals surface area contributed by atoms with E-state index in [1.165, 1.54) is 24.3 Å². The molecule has 0 aliphatic carbocycles. The van der Waals surface area contributed by atoms with Crippen molar-refractivity contribution in [1.29, 1.82) is 0 Å². The molecule has 8 heteroatoms. The van der Waals surface area contributed by atoms with Crippen molar-refractivity contribution in [2.75, 3.05) is 5.73 Å². The van der Waals surface area contributed by atoms with Gasteiger partial charge in [0.1, 0.15) is 0 Å². The molecule has 2 N–H and O–H groups in total. The summed E-state index contributed by atoms with van der Waals surface area (Å²) in [5.41, 5.74) is 7.53. The van der Waals surface area contributed by atoms with Crippen LogP contribution < -0.4 is 10.5 Å². The standard InChI is InChI=1S/C19H10F5NO2/c20-13-14(21)16(23)18(17(24)15(13)22)27-19(26)11-3-1-9(2-4-11)10-5-7-12(25)8-6-10/h1-8H,25H2. The Morgan fingerprint density at radius 1 is 0.667 bits per heavy atom. The van der Waals surface area contributed by atoms with Crippen LogP contribution in [0.4, 0.5) is 27.6 Å². The molecule has 0 aliphatic rings. The molecular formula is C19H10F5NO2. The van der Waals surface area contributed by atoms with Gasteiger partial charge in [-0.3, -0.25) is 0 Å². The normalized spacial score (nSPS) is 10.7. The summed E-state index contributed by atoms with van der Waals surface area (Å²) >= 11 is 0. The molecule has 138 valence electrons. The number of nitrogens with two attached hydrogens (primary N) is 1. The molecule has 0 radical (unpaired) electrons. The van der Waals surface area contributed by atoms with Crippen LogP contribution in [0.3, 0.4) is 0 Å². The second-order valence-corrected chi connectivity index (χ2v) is 5.49. The fraction of sp³-hybridized carbons (Fsp3) is 0. The maximum Gasteiger partial charge on any atom is 0.343 e. The summed E-state index contributed by atoms with van der Waals surface area (Å²) in [5.74, 6) is -14.1. The molecule has 3 aromatic carbocycles. The van der Waals surface area contributed by atoms with Crippen LogP contribution in [-0.2, 0) is 0 Å². The Morgan fingerprint density at radius 2 is 1.07 bits per heavy atom. The van der Waals surface area contributed by atoms with Gasteiger partial charge in [0, 0.05) is 5.69 Å². The summed E-state index contributed by atoms with van der Waals surface area (Å²) in [6, 6.07) is 12.5. The first-order chi connectivity index (χ1) is 12.8. The minimum Gasteiger partial charge on any atom is -0.416 e. The molecule has 0 atom stereocenters. The average molecular weight is 379 g/mol. The number of anilines is 1. The molecule has 0 heterocycles. The lowest BCUT2D eigenvalue weighted by Gasteiger charge is -2.09. The summed E-state index contributed by atoms with van der Waals surface area (Å²) < 4.78 is 70.9. The van der Waals surface area contributed by atoms with E-state index >= 15 is 0 Å². The molecular weight excluding hydrogens is 369 g/mol. The van der Waals surface area contributed by atoms with Gasteiger partial charge < -0.3 is 10.5 Å². The molecule has 0 bridgehead atoms. The number of carbonyl (C=O) groups excluding carboxylic acids is 1. The van der Waals surface area contributed by atoms with E-state index in [-0.39, 0.29) is 5.56 Å². The van der Waals surface area contributed by atoms with Crippen molar-refractivity contribution >= 4 is 11.7 Å². The van der Waals surface area contributed by atoms with Crippen LogP contribution >= 0.6 is 0 Å². The number of hydrogen-bond donors (Lipinski definition) is 1. The summed E-state index contributed by atoms with van der Waals surface area (Å²) in [7, 11) is 0. The topological polar surface area (TPSA) is 52.3 Å². The lowest BCUT2D eigenvalue weighted by atomic mass is 10.0. The van der Waals surface area contributed by atoms with Crippen LogP contribution in [0.25, 0.3) is 11.1 Å². The van der Waals surface area contributed by atoms with E-state index in [9.17, 15) is 26.7 Å². The zero-order chi connectivity index (χ0) is 19.7. The molecule has 3 nitrogen and oxygen atoms in total. The third-order valence-electron chi connectivity index (χ3n) is 3.73. The summed E-state index contributed by atoms with van der Waals surface area (Å²) in [6.45, 7) is 0. The van der Waals surface area contributed by atoms with E-state index in [4.69, 9.17) is 5.73 Å². The molecule has 0 saturated carbocycles. The molecule has 0 fully saturated rings. The second kappa shape index (κ2) is 7.06. The van der Waals surface area contributed by atoms with E-state index in [1.54, 1.807) is 24.3 Å². The van der Waals surface area contributed by atoms with E-state index in [1.807, 2.05) is 0 Å². The van der Waals surface area contributed by atoms with Gasteiger partial charge in [0.05, 0.1) is 5.56 Å². The van der Waals surface area contributed by atoms with Gasteiger partial charge in [-0.05, 0) is 35.4 Å². The fourth-order valence-corrected chi connectivity index (χ4v) is 2.30. The van der Waals surface area contributed by atoms with Gasteiger partial charge in [-0.1, -0.05) is 24.3 Å². The minimum atomic E-state index is -2.34. The fourth-order valence-electron chi connectivity index (χ4n) is 2.30. The lowest BCUT2D eigenvalue weighted by molar-refractivity contribution is 0.0716. The van der Waals surface area contributed by atoms with E-state index in [2.05, 4.69) is 4.74 Å². The quantitative estimate of drug-likeness (QED) is 0.177. The first kappa shape index (κ1) is 18.4. The first-order valence-electron chi connectivity index (χ1n) is 7.49. The Bertz CT molecular complexity index is 989. The van der Waals surface area contributed by atoms with Crippen LogP contribution in [0.5, 0.6) is 5.75 Å². The number of esters is 1. The van der Waals surface area contributed by atoms with Crippen molar-refractivity contribution < 1.29 is 31.5 Å². The summed E-state index contributed by atoms with van der Waals surface area (Å²) in [6.07, 6.45) is 0. The Morgan fingerprint density at radius 3 is 1.56 bits per heavy atom. The van der Waals surface area contributed by atoms with Gasteiger partial charge in [-0.25, -0.2) is 18.0 Å². The van der Waals surface area contributed by atoms with Crippen molar-refractivity contribution in [3.63, 3.8) is 0 Å². The number of ether oxygens (including phenoxy) is 1. The third kappa shape index (κ3) is 3.46. The van der Waals surface area contributed by atoms with Crippen LogP contribution in [0.2, 0.25) is 0 Å². The van der Waals surface area contributed by atoms with Crippen molar-refractivity contribution in [3.8, 4) is 16.9 Å². The van der Waals surface area contributed by atoms with Gasteiger partial charge in [-0.2, -0.15) is 8.78 Å². The van der Waals surface area contributed by atoms with E-state index < -0.39 is 40.8 Å². The van der Waals surface area contributed by atoms with Crippen molar-refractivity contribution in [1.82, 2.24) is 0 Å². The molecule has 0 amide bonds. The maximum atomic E-state index is 13.6. The SMILES string of the molecule is Nc1ccc(-c2ccc(C(=O)Oc3c(F)c(F)c(F)c(F)c3F)cc2)cc1. The number of halogens is 5. The highest BCUT2D eigenvalue weighted by Crippen LogP contribution is 2.30. The highest BCUT2D eigenvalue weighted by atomic mass is 19.2. The number of nitrogen functional groups attached to an aromatic ring is 1. The van der Waals surface area contributed by atoms with Crippen LogP contribution in [0.15, 0.2) is 48.5 Å². The summed E-state index contributed by atoms with van der Waals surface area (Å²) in [5, 5.41) is 0. The number of benzene rings is 3. The molecule has 0 aliphatic heterocycles. The van der Waals surface area contributed by atoms with Gasteiger partial charge in [-0.15, -0.1) is 0 Å². The van der Waals surface area contributed by atoms with Gasteiger partial charge in [0.2, 0.25) is 34.8 Å². The zero-order valence-electron chi connectivity index (χ0n) is 13.4. The third-order valence-corrected chi connectivity index (χ3v) is 3.73. The molecule has 0 saturated heterocycles. The molecule has 3 rings (SSSR count). The van der Waals surface area contributed by atoms with Crippen LogP contribution in [-0.4, -0.2) is 5.97 Å². The molecule has 27 heavy (non-hydrogen) atoms. The van der Waals surface area contributed by atoms with Gasteiger partial charge >= 0.3 is 5.97 Å². The first-order valence-corrected chi connectivity index (χ1v) is 7.49. The minimum absolute atomic E-state index is 0.141. The number of hydrogen-bond acceptors (Lipinski definition) is 3. The van der Waals surface area contributed by atoms with E-state index in [0.717, 1.165) is 5.56 Å². The Balaban J connectivity index is 1.86. The van der Waals surface area contributed by atoms with Crippen molar-refractivity contribution in [3.05, 3.63) is 83.2 Å². The molecule has 0 aromatic heterocycles. The average Bonchev–Trinajstić information content (AvgIpc) is 2.69. The molecule has 0 spiro atoms. The molecule has 3 aromatic rings. The molecule has 0 unspecified atom stereocenters. The smallest absolute Gasteiger partial charge is 0.343 e. The van der Waals surface area contributed by atoms with Crippen molar-refractivity contribution in [2.45, 2.75) is 0 Å². The van der Waals surface area contributed by atoms with Crippen LogP contribution in [0.1, 0.15) is 10.4 Å². The Labute approximate surface area is 149 Å². The van der Waals surface area contributed by atoms with Crippen LogP contribution in [0, 0.1) is 29.1 Å². The highest BCUT2D eigenvalue weighted by Gasteiger charge is 2.28. The Hall–Kier alpha value is -3.42. The van der Waals surface area contributed by atoms with Crippen molar-refractivity contribution in [2.24, 2.45) is 0 Å². The highest BCUT2D eigenvalue weighted by molar-refractivity contribution is 5.91. The maximum absolute atomic E-state index is 13.6. The van der Waals surface area contributed by atoms with Gasteiger partial charge in [0.25, 0.3) is 0 Å². The number of carbonyl (C=O) groups is 1. The zero-order valence-corrected chi connectivity index (χ0v) is 13.4. The largest absolute Gasteiger partial charge is 0.416 e.